The number of aryl methyl sites for hydroxylation is 1. The zero-order valence-corrected chi connectivity index (χ0v) is 6.77. The fourth-order valence-corrected chi connectivity index (χ4v) is 0.847. The van der Waals surface area contributed by atoms with Crippen molar-refractivity contribution in [3.05, 3.63) is 23.7 Å². The van der Waals surface area contributed by atoms with Crippen LogP contribution in [0.3, 0.4) is 0 Å². The van der Waals surface area contributed by atoms with Gasteiger partial charge in [0.1, 0.15) is 17.4 Å². The maximum absolute atomic E-state index is 12.1. The lowest BCUT2D eigenvalue weighted by Gasteiger charge is -2.12. The van der Waals surface area contributed by atoms with Gasteiger partial charge < -0.3 is 4.42 Å². The second-order valence-corrected chi connectivity index (χ2v) is 2.71. The highest BCUT2D eigenvalue weighted by Gasteiger charge is 2.38. The van der Waals surface area contributed by atoms with Crippen molar-refractivity contribution in [3.8, 4) is 0 Å². The Labute approximate surface area is 68.2 Å². The van der Waals surface area contributed by atoms with Crippen LogP contribution in [-0.2, 0) is 0 Å². The molecule has 0 N–H and O–H groups in total. The first-order chi connectivity index (χ1) is 5.41. The molecular weight excluding hydrogens is 169 g/mol. The topological polar surface area (TPSA) is 13.1 Å². The van der Waals surface area contributed by atoms with Gasteiger partial charge in [0.15, 0.2) is 0 Å². The fourth-order valence-electron chi connectivity index (χ4n) is 0.847. The molecule has 4 heteroatoms. The summed E-state index contributed by atoms with van der Waals surface area (Å²) in [6.07, 6.45) is -4.22. The molecular formula is C8H9F3O. The summed E-state index contributed by atoms with van der Waals surface area (Å²) < 4.78 is 41.1. The van der Waals surface area contributed by atoms with Gasteiger partial charge in [0.05, 0.1) is 0 Å². The molecule has 0 aliphatic rings. The zero-order valence-electron chi connectivity index (χ0n) is 6.77. The maximum atomic E-state index is 12.1. The third-order valence-corrected chi connectivity index (χ3v) is 1.68. The number of alkyl halides is 3. The number of furan rings is 1. The van der Waals surface area contributed by atoms with E-state index in [4.69, 9.17) is 4.42 Å². The van der Waals surface area contributed by atoms with Gasteiger partial charge in [-0.05, 0) is 26.0 Å². The lowest BCUT2D eigenvalue weighted by Crippen LogP contribution is -2.16. The highest BCUT2D eigenvalue weighted by atomic mass is 19.4. The van der Waals surface area contributed by atoms with Gasteiger partial charge in [-0.3, -0.25) is 0 Å². The van der Waals surface area contributed by atoms with E-state index in [9.17, 15) is 13.2 Å². The lowest BCUT2D eigenvalue weighted by molar-refractivity contribution is -0.149. The minimum absolute atomic E-state index is 0.0278. The third kappa shape index (κ3) is 1.81. The van der Waals surface area contributed by atoms with Crippen LogP contribution in [-0.4, -0.2) is 6.18 Å². The minimum atomic E-state index is -4.22. The van der Waals surface area contributed by atoms with Crippen molar-refractivity contribution in [2.45, 2.75) is 25.9 Å². The molecule has 0 spiro atoms. The van der Waals surface area contributed by atoms with Crippen LogP contribution >= 0.6 is 0 Å². The zero-order chi connectivity index (χ0) is 9.35. The predicted octanol–water partition coefficient (Wildman–Crippen LogP) is 3.25. The Kier molecular flexibility index (Phi) is 2.17. The van der Waals surface area contributed by atoms with E-state index < -0.39 is 12.1 Å². The number of hydrogen-bond acceptors (Lipinski definition) is 1. The Morgan fingerprint density at radius 1 is 1.33 bits per heavy atom. The van der Waals surface area contributed by atoms with Gasteiger partial charge in [0.2, 0.25) is 0 Å². The van der Waals surface area contributed by atoms with Crippen LogP contribution in [0.4, 0.5) is 13.2 Å². The molecule has 68 valence electrons. The van der Waals surface area contributed by atoms with Crippen LogP contribution in [0.25, 0.3) is 0 Å². The Balaban J connectivity index is 2.85. The lowest BCUT2D eigenvalue weighted by atomic mass is 10.1. The molecule has 0 aliphatic heterocycles. The molecule has 0 radical (unpaired) electrons. The summed E-state index contributed by atoms with van der Waals surface area (Å²) in [5.74, 6) is -1.05. The van der Waals surface area contributed by atoms with Crippen LogP contribution in [0.15, 0.2) is 16.5 Å². The van der Waals surface area contributed by atoms with Crippen molar-refractivity contribution in [1.82, 2.24) is 0 Å². The van der Waals surface area contributed by atoms with E-state index in [0.717, 1.165) is 6.92 Å². The first-order valence-corrected chi connectivity index (χ1v) is 3.54. The van der Waals surface area contributed by atoms with E-state index in [1.54, 1.807) is 6.92 Å². The molecule has 0 aliphatic carbocycles. The van der Waals surface area contributed by atoms with Crippen LogP contribution in [0.5, 0.6) is 0 Å². The van der Waals surface area contributed by atoms with Gasteiger partial charge in [-0.15, -0.1) is 0 Å². The number of hydrogen-bond donors (Lipinski definition) is 0. The average molecular weight is 178 g/mol. The first kappa shape index (κ1) is 9.16. The number of rotatable bonds is 1. The van der Waals surface area contributed by atoms with Gasteiger partial charge in [0, 0.05) is 0 Å². The molecule has 1 aromatic heterocycles. The molecule has 1 nitrogen and oxygen atoms in total. The molecule has 0 amide bonds. The van der Waals surface area contributed by atoms with Crippen molar-refractivity contribution in [2.75, 3.05) is 0 Å². The van der Waals surface area contributed by atoms with Gasteiger partial charge in [-0.2, -0.15) is 13.2 Å². The second kappa shape index (κ2) is 2.84. The fraction of sp³-hybridized carbons (Fsp3) is 0.500. The van der Waals surface area contributed by atoms with Crippen molar-refractivity contribution >= 4 is 0 Å². The van der Waals surface area contributed by atoms with E-state index in [1.807, 2.05) is 0 Å². The molecule has 1 rings (SSSR count). The summed E-state index contributed by atoms with van der Waals surface area (Å²) in [4.78, 5) is 0. The maximum Gasteiger partial charge on any atom is 0.398 e. The van der Waals surface area contributed by atoms with Crippen LogP contribution in [0.2, 0.25) is 0 Å². The molecule has 12 heavy (non-hydrogen) atoms. The largest absolute Gasteiger partial charge is 0.466 e. The molecule has 1 heterocycles. The van der Waals surface area contributed by atoms with E-state index in [-0.39, 0.29) is 5.76 Å². The van der Waals surface area contributed by atoms with E-state index in [0.29, 0.717) is 5.76 Å². The van der Waals surface area contributed by atoms with Gasteiger partial charge in [0.25, 0.3) is 0 Å². The van der Waals surface area contributed by atoms with Crippen molar-refractivity contribution in [3.63, 3.8) is 0 Å². The first-order valence-electron chi connectivity index (χ1n) is 3.54. The van der Waals surface area contributed by atoms with E-state index >= 15 is 0 Å². The second-order valence-electron chi connectivity index (χ2n) is 2.71. The molecule has 0 saturated heterocycles. The Morgan fingerprint density at radius 3 is 2.25 bits per heavy atom. The Hall–Kier alpha value is -0.930. The third-order valence-electron chi connectivity index (χ3n) is 1.68. The summed E-state index contributed by atoms with van der Waals surface area (Å²) in [7, 11) is 0. The van der Waals surface area contributed by atoms with E-state index in [1.165, 1.54) is 12.1 Å². The normalized spacial score (nSPS) is 14.8. The molecule has 0 fully saturated rings. The van der Waals surface area contributed by atoms with E-state index in [2.05, 4.69) is 0 Å². The molecule has 1 atom stereocenters. The predicted molar refractivity (Wildman–Crippen MR) is 37.9 cm³/mol. The highest BCUT2D eigenvalue weighted by molar-refractivity contribution is 5.10. The molecule has 0 saturated carbocycles. The van der Waals surface area contributed by atoms with Crippen LogP contribution in [0, 0.1) is 6.92 Å². The Morgan fingerprint density at radius 2 is 1.92 bits per heavy atom. The van der Waals surface area contributed by atoms with Gasteiger partial charge in [-0.1, -0.05) is 0 Å². The molecule has 0 aromatic carbocycles. The Bertz CT molecular complexity index is 262. The summed E-state index contributed by atoms with van der Waals surface area (Å²) in [6, 6.07) is 2.88. The quantitative estimate of drug-likeness (QED) is 0.643. The standard InChI is InChI=1S/C8H9F3O/c1-5-3-4-7(12-5)6(2)8(9,10)11/h3-4,6H,1-2H3. The average Bonchev–Trinajstić information content (AvgIpc) is 2.32. The van der Waals surface area contributed by atoms with Gasteiger partial charge in [-0.25, -0.2) is 0 Å². The summed E-state index contributed by atoms with van der Waals surface area (Å²) in [5.41, 5.74) is 0. The summed E-state index contributed by atoms with van der Waals surface area (Å²) in [5, 5.41) is 0. The molecule has 1 unspecified atom stereocenters. The SMILES string of the molecule is Cc1ccc(C(C)C(F)(F)F)o1. The van der Waals surface area contributed by atoms with Crippen molar-refractivity contribution < 1.29 is 17.6 Å². The van der Waals surface area contributed by atoms with Gasteiger partial charge >= 0.3 is 6.18 Å². The van der Waals surface area contributed by atoms with Crippen molar-refractivity contribution in [2.24, 2.45) is 0 Å². The minimum Gasteiger partial charge on any atom is -0.466 e. The van der Waals surface area contributed by atoms with Crippen LogP contribution < -0.4 is 0 Å². The smallest absolute Gasteiger partial charge is 0.398 e. The molecule has 1 aromatic rings. The monoisotopic (exact) mass is 178 g/mol. The summed E-state index contributed by atoms with van der Waals surface area (Å²) >= 11 is 0. The number of halogens is 3. The molecule has 0 bridgehead atoms. The highest BCUT2D eigenvalue weighted by Crippen LogP contribution is 2.34. The summed E-state index contributed by atoms with van der Waals surface area (Å²) in [6.45, 7) is 2.70. The van der Waals surface area contributed by atoms with Crippen LogP contribution in [0.1, 0.15) is 24.4 Å². The van der Waals surface area contributed by atoms with Crippen molar-refractivity contribution in [1.29, 1.82) is 0 Å².